The molecule has 1 aliphatic carbocycles. The van der Waals surface area contributed by atoms with Crippen molar-refractivity contribution in [3.05, 3.63) is 34.5 Å². The van der Waals surface area contributed by atoms with E-state index in [1.807, 2.05) is 0 Å². The number of hydrogen-bond acceptors (Lipinski definition) is 5. The van der Waals surface area contributed by atoms with E-state index in [1.54, 1.807) is 6.92 Å². The number of ether oxygens (including phenoxy) is 1. The number of hydrogen-bond donors (Lipinski definition) is 1. The van der Waals surface area contributed by atoms with Crippen molar-refractivity contribution >= 4 is 27.3 Å². The van der Waals surface area contributed by atoms with E-state index >= 15 is 0 Å². The molecule has 0 saturated heterocycles. The molecular weight excluding hydrogens is 588 g/mol. The molecule has 0 radical (unpaired) electrons. The molecule has 0 atom stereocenters. The van der Waals surface area contributed by atoms with E-state index in [4.69, 9.17) is 16.3 Å². The Labute approximate surface area is 233 Å². The zero-order valence-corrected chi connectivity index (χ0v) is 23.6. The van der Waals surface area contributed by atoms with E-state index in [9.17, 15) is 39.6 Å². The molecule has 1 aromatic carbocycles. The second-order valence-electron chi connectivity index (χ2n) is 9.88. The number of nitrogens with one attached hydrogen (secondary N) is 1. The fraction of sp³-hybridized carbons (Fsp3) is 0.600. The van der Waals surface area contributed by atoms with Crippen LogP contribution >= 0.6 is 11.6 Å². The third-order valence-electron chi connectivity index (χ3n) is 7.11. The Morgan fingerprint density at radius 2 is 1.75 bits per heavy atom. The molecule has 15 heteroatoms. The highest BCUT2D eigenvalue weighted by atomic mass is 35.5. The van der Waals surface area contributed by atoms with Gasteiger partial charge in [-0.25, -0.2) is 8.42 Å². The molecule has 3 rings (SSSR count). The number of aromatic nitrogens is 2. The first-order valence-electron chi connectivity index (χ1n) is 12.5. The van der Waals surface area contributed by atoms with Crippen molar-refractivity contribution < 1.29 is 44.3 Å². The topological polar surface area (TPSA) is 90.3 Å². The number of carbonyl (C=O) groups is 1. The molecule has 224 valence electrons. The van der Waals surface area contributed by atoms with Crippen LogP contribution in [-0.4, -0.2) is 61.6 Å². The first kappa shape index (κ1) is 32.0. The van der Waals surface area contributed by atoms with Crippen molar-refractivity contribution in [1.29, 1.82) is 0 Å². The molecule has 1 saturated carbocycles. The van der Waals surface area contributed by atoms with E-state index < -0.39 is 40.4 Å². The fourth-order valence-electron chi connectivity index (χ4n) is 4.87. The minimum absolute atomic E-state index is 0.0355. The third kappa shape index (κ3) is 7.42. The van der Waals surface area contributed by atoms with Crippen LogP contribution in [0.4, 0.5) is 26.3 Å². The summed E-state index contributed by atoms with van der Waals surface area (Å²) in [6, 6.07) is 3.49. The standard InChI is InChI=1S/C25H30ClF6N3O4S/c1-4-35-22(17-10-7-15(11-18(17)39-2)12-19(24(27,28)29)25(30,31)32)20(26)21(34-35)23(36)33-13-14-5-8-16(9-6-14)40(3,37)38/h7,10-11,14,16,19H,4-6,8-9,12-13H2,1-3H3,(H,33,36). The van der Waals surface area contributed by atoms with Crippen LogP contribution < -0.4 is 10.1 Å². The molecule has 0 aliphatic heterocycles. The van der Waals surface area contributed by atoms with Crippen LogP contribution in [0.25, 0.3) is 11.3 Å². The number of methoxy groups -OCH3 is 1. The van der Waals surface area contributed by atoms with Crippen molar-refractivity contribution in [2.45, 2.75) is 63.2 Å². The average molecular weight is 618 g/mol. The van der Waals surface area contributed by atoms with Gasteiger partial charge in [0.05, 0.1) is 23.1 Å². The summed E-state index contributed by atoms with van der Waals surface area (Å²) in [5, 5.41) is 6.59. The maximum absolute atomic E-state index is 13.1. The summed E-state index contributed by atoms with van der Waals surface area (Å²) in [6.07, 6.45) is -8.79. The lowest BCUT2D eigenvalue weighted by atomic mass is 9.89. The van der Waals surface area contributed by atoms with Gasteiger partial charge in [-0.15, -0.1) is 0 Å². The smallest absolute Gasteiger partial charge is 0.400 e. The van der Waals surface area contributed by atoms with Crippen molar-refractivity contribution in [1.82, 2.24) is 15.1 Å². The van der Waals surface area contributed by atoms with Crippen molar-refractivity contribution in [2.75, 3.05) is 19.9 Å². The molecule has 2 aromatic rings. The second kappa shape index (κ2) is 12.2. The second-order valence-corrected chi connectivity index (χ2v) is 12.6. The van der Waals surface area contributed by atoms with Gasteiger partial charge in [-0.1, -0.05) is 17.7 Å². The number of nitrogens with zero attached hydrogens (tertiary/aromatic N) is 2. The fourth-order valence-corrected chi connectivity index (χ4v) is 6.32. The number of amides is 1. The van der Waals surface area contributed by atoms with Crippen LogP contribution in [0.5, 0.6) is 5.75 Å². The molecule has 1 fully saturated rings. The summed E-state index contributed by atoms with van der Waals surface area (Å²) in [5.74, 6) is -4.07. The Kier molecular flexibility index (Phi) is 9.75. The molecule has 40 heavy (non-hydrogen) atoms. The van der Waals surface area contributed by atoms with Gasteiger partial charge in [-0.3, -0.25) is 9.48 Å². The predicted octanol–water partition coefficient (Wildman–Crippen LogP) is 5.85. The van der Waals surface area contributed by atoms with Gasteiger partial charge in [0.15, 0.2) is 11.6 Å². The van der Waals surface area contributed by atoms with Crippen LogP contribution in [0, 0.1) is 11.8 Å². The average Bonchev–Trinajstić information content (AvgIpc) is 3.20. The Balaban J connectivity index is 1.82. The summed E-state index contributed by atoms with van der Waals surface area (Å²) < 4.78 is 109. The molecule has 0 unspecified atom stereocenters. The maximum atomic E-state index is 13.1. The Morgan fingerprint density at radius 3 is 2.25 bits per heavy atom. The van der Waals surface area contributed by atoms with E-state index in [0.29, 0.717) is 25.7 Å². The first-order chi connectivity index (χ1) is 18.5. The Morgan fingerprint density at radius 1 is 1.15 bits per heavy atom. The summed E-state index contributed by atoms with van der Waals surface area (Å²) in [7, 11) is -1.91. The predicted molar refractivity (Wildman–Crippen MR) is 137 cm³/mol. The van der Waals surface area contributed by atoms with E-state index in [0.717, 1.165) is 12.1 Å². The Hall–Kier alpha value is -2.48. The Bertz CT molecular complexity index is 1310. The summed E-state index contributed by atoms with van der Waals surface area (Å²) in [4.78, 5) is 13.0. The SMILES string of the molecule is CCn1nc(C(=O)NCC2CCC(S(C)(=O)=O)CC2)c(Cl)c1-c1ccc(CC(C(F)(F)F)C(F)(F)F)cc1OC. The summed E-state index contributed by atoms with van der Waals surface area (Å²) in [6.45, 7) is 2.25. The molecule has 1 amide bonds. The highest BCUT2D eigenvalue weighted by Crippen LogP contribution is 2.43. The van der Waals surface area contributed by atoms with Gasteiger partial charge in [0.2, 0.25) is 0 Å². The van der Waals surface area contributed by atoms with Gasteiger partial charge in [0, 0.05) is 24.9 Å². The van der Waals surface area contributed by atoms with E-state index in [-0.39, 0.29) is 57.5 Å². The lowest BCUT2D eigenvalue weighted by molar-refractivity contribution is -0.283. The number of alkyl halides is 6. The highest BCUT2D eigenvalue weighted by Gasteiger charge is 2.56. The normalized spacial score (nSPS) is 18.7. The van der Waals surface area contributed by atoms with E-state index in [2.05, 4.69) is 10.4 Å². The molecule has 1 aliphatic rings. The number of aryl methyl sites for hydroxylation is 1. The lowest BCUT2D eigenvalue weighted by Gasteiger charge is -2.27. The number of benzene rings is 1. The van der Waals surface area contributed by atoms with Crippen LogP contribution in [0.2, 0.25) is 5.02 Å². The molecule has 7 nitrogen and oxygen atoms in total. The lowest BCUT2D eigenvalue weighted by Crippen LogP contribution is -2.38. The molecule has 0 spiro atoms. The molecule has 1 N–H and O–H groups in total. The van der Waals surface area contributed by atoms with Gasteiger partial charge >= 0.3 is 12.4 Å². The number of sulfone groups is 1. The monoisotopic (exact) mass is 617 g/mol. The number of carbonyl (C=O) groups excluding carboxylic acids is 1. The van der Waals surface area contributed by atoms with Crippen molar-refractivity contribution in [2.24, 2.45) is 11.8 Å². The van der Waals surface area contributed by atoms with Gasteiger partial charge in [0.25, 0.3) is 5.91 Å². The van der Waals surface area contributed by atoms with Gasteiger partial charge in [-0.2, -0.15) is 31.4 Å². The van der Waals surface area contributed by atoms with Crippen LogP contribution in [0.1, 0.15) is 48.7 Å². The van der Waals surface area contributed by atoms with Gasteiger partial charge in [-0.05, 0) is 62.6 Å². The largest absolute Gasteiger partial charge is 0.496 e. The molecule has 1 heterocycles. The van der Waals surface area contributed by atoms with Gasteiger partial charge < -0.3 is 10.1 Å². The maximum Gasteiger partial charge on any atom is 0.400 e. The van der Waals surface area contributed by atoms with Crippen molar-refractivity contribution in [3.63, 3.8) is 0 Å². The number of rotatable bonds is 9. The zero-order chi connectivity index (χ0) is 30.0. The van der Waals surface area contributed by atoms with Crippen molar-refractivity contribution in [3.8, 4) is 17.0 Å². The van der Waals surface area contributed by atoms with E-state index in [1.165, 1.54) is 24.1 Å². The van der Waals surface area contributed by atoms with Crippen LogP contribution in [0.3, 0.4) is 0 Å². The summed E-state index contributed by atoms with van der Waals surface area (Å²) in [5.41, 5.74) is 0.0973. The first-order valence-corrected chi connectivity index (χ1v) is 14.8. The summed E-state index contributed by atoms with van der Waals surface area (Å²) >= 11 is 6.54. The molecular formula is C25H30ClF6N3O4S. The zero-order valence-electron chi connectivity index (χ0n) is 22.0. The third-order valence-corrected chi connectivity index (χ3v) is 9.15. The van der Waals surface area contributed by atoms with Crippen LogP contribution in [-0.2, 0) is 22.8 Å². The molecule has 1 aromatic heterocycles. The molecule has 0 bridgehead atoms. The van der Waals surface area contributed by atoms with Gasteiger partial charge in [0.1, 0.15) is 15.6 Å². The number of halogens is 7. The highest BCUT2D eigenvalue weighted by molar-refractivity contribution is 7.91. The minimum atomic E-state index is -5.48. The quantitative estimate of drug-likeness (QED) is 0.357. The minimum Gasteiger partial charge on any atom is -0.496 e. The van der Waals surface area contributed by atoms with Crippen LogP contribution in [0.15, 0.2) is 18.2 Å².